The van der Waals surface area contributed by atoms with E-state index >= 15 is 0 Å². The molecule has 0 aliphatic carbocycles. The van der Waals surface area contributed by atoms with E-state index in [1.54, 1.807) is 40.6 Å². The Hall–Kier alpha value is -2.78. The van der Waals surface area contributed by atoms with Gasteiger partial charge < -0.3 is 14.2 Å². The number of hydrogen-bond acceptors (Lipinski definition) is 7. The third kappa shape index (κ3) is 4.01. The second-order valence-electron chi connectivity index (χ2n) is 6.46. The Morgan fingerprint density at radius 3 is 2.24 bits per heavy atom. The second kappa shape index (κ2) is 8.71. The van der Waals surface area contributed by atoms with Gasteiger partial charge in [-0.3, -0.25) is 13.9 Å². The lowest BCUT2D eigenvalue weighted by atomic mass is 10.2. The third-order valence-electron chi connectivity index (χ3n) is 4.59. The van der Waals surface area contributed by atoms with Crippen molar-refractivity contribution in [1.82, 2.24) is 14.1 Å². The molecule has 0 aliphatic rings. The molecule has 0 unspecified atom stereocenters. The molecular weight excluding hydrogens is 394 g/mol. The van der Waals surface area contributed by atoms with Crippen molar-refractivity contribution in [2.24, 2.45) is 14.1 Å². The van der Waals surface area contributed by atoms with Gasteiger partial charge >= 0.3 is 5.69 Å². The van der Waals surface area contributed by atoms with Crippen molar-refractivity contribution in [3.8, 4) is 11.5 Å². The van der Waals surface area contributed by atoms with Gasteiger partial charge in [-0.2, -0.15) is 0 Å². The maximum absolute atomic E-state index is 12.9. The first-order valence-electron chi connectivity index (χ1n) is 8.82. The van der Waals surface area contributed by atoms with E-state index in [2.05, 4.69) is 4.98 Å². The summed E-state index contributed by atoms with van der Waals surface area (Å²) in [7, 11) is 7.86. The number of methoxy groups -OCH3 is 3. The van der Waals surface area contributed by atoms with Crippen LogP contribution in [-0.4, -0.2) is 35.4 Å². The minimum absolute atomic E-state index is 0.304. The van der Waals surface area contributed by atoms with E-state index in [9.17, 15) is 9.59 Å². The number of pyridine rings is 1. The molecule has 0 saturated heterocycles. The van der Waals surface area contributed by atoms with Gasteiger partial charge in [0.25, 0.3) is 5.56 Å². The Morgan fingerprint density at radius 1 is 1.00 bits per heavy atom. The lowest BCUT2D eigenvalue weighted by Crippen LogP contribution is -2.37. The summed E-state index contributed by atoms with van der Waals surface area (Å²) in [5.74, 6) is 1.94. The summed E-state index contributed by atoms with van der Waals surface area (Å²) in [6.45, 7) is 0.304. The third-order valence-corrected chi connectivity index (χ3v) is 5.82. The minimum Gasteiger partial charge on any atom is -0.497 e. The van der Waals surface area contributed by atoms with Gasteiger partial charge in [0, 0.05) is 49.7 Å². The summed E-state index contributed by atoms with van der Waals surface area (Å²) in [4.78, 5) is 30.3. The Morgan fingerprint density at radius 2 is 1.66 bits per heavy atom. The van der Waals surface area contributed by atoms with Crippen LogP contribution in [0.2, 0.25) is 0 Å². The highest BCUT2D eigenvalue weighted by atomic mass is 32.2. The van der Waals surface area contributed by atoms with Crippen molar-refractivity contribution in [2.45, 2.75) is 17.3 Å². The highest BCUT2D eigenvalue weighted by molar-refractivity contribution is 7.98. The standard InChI is InChI=1S/C20H23N3O5S/c1-22-18-16(19(24)23(2)20(22)25)17(13(9-21-18)10-26-3)29-11-12-6-14(27-4)8-15(7-12)28-5/h6-9H,10-11H2,1-5H3. The van der Waals surface area contributed by atoms with Crippen LogP contribution in [0.3, 0.4) is 0 Å². The molecule has 0 radical (unpaired) electrons. The molecule has 3 rings (SSSR count). The average Bonchev–Trinajstić information content (AvgIpc) is 2.74. The van der Waals surface area contributed by atoms with Crippen LogP contribution in [-0.2, 0) is 31.2 Å². The van der Waals surface area contributed by atoms with Crippen LogP contribution in [0.15, 0.2) is 38.9 Å². The van der Waals surface area contributed by atoms with Gasteiger partial charge in [0.2, 0.25) is 0 Å². The first kappa shape index (κ1) is 20.9. The fraction of sp³-hybridized carbons (Fsp3) is 0.350. The highest BCUT2D eigenvalue weighted by Gasteiger charge is 2.18. The average molecular weight is 417 g/mol. The molecule has 3 aromatic rings. The predicted octanol–water partition coefficient (Wildman–Crippen LogP) is 2.09. The van der Waals surface area contributed by atoms with Gasteiger partial charge in [-0.1, -0.05) is 0 Å². The maximum atomic E-state index is 12.9. The first-order valence-corrected chi connectivity index (χ1v) is 9.81. The van der Waals surface area contributed by atoms with Crippen LogP contribution < -0.4 is 20.7 Å². The lowest BCUT2D eigenvalue weighted by molar-refractivity contribution is 0.183. The van der Waals surface area contributed by atoms with Crippen LogP contribution in [0.5, 0.6) is 11.5 Å². The maximum Gasteiger partial charge on any atom is 0.332 e. The second-order valence-corrected chi connectivity index (χ2v) is 7.45. The van der Waals surface area contributed by atoms with Crippen LogP contribution in [0, 0.1) is 0 Å². The molecule has 0 spiro atoms. The molecule has 0 N–H and O–H groups in total. The molecular formula is C20H23N3O5S. The van der Waals surface area contributed by atoms with Crippen molar-refractivity contribution in [1.29, 1.82) is 0 Å². The molecule has 0 aliphatic heterocycles. The van der Waals surface area contributed by atoms with Crippen molar-refractivity contribution in [3.63, 3.8) is 0 Å². The molecule has 2 aromatic heterocycles. The SMILES string of the molecule is COCc1cnc2c(c1SCc1cc(OC)cc(OC)c1)c(=O)n(C)c(=O)n2C. The fourth-order valence-corrected chi connectivity index (χ4v) is 4.17. The quantitative estimate of drug-likeness (QED) is 0.544. The molecule has 0 atom stereocenters. The molecule has 1 aromatic carbocycles. The van der Waals surface area contributed by atoms with Gasteiger partial charge in [-0.05, 0) is 17.7 Å². The van der Waals surface area contributed by atoms with Gasteiger partial charge in [0.1, 0.15) is 17.1 Å². The normalized spacial score (nSPS) is 11.1. The molecule has 2 heterocycles. The number of aromatic nitrogens is 3. The van der Waals surface area contributed by atoms with Crippen LogP contribution in [0.25, 0.3) is 11.0 Å². The van der Waals surface area contributed by atoms with Gasteiger partial charge in [0.05, 0.1) is 26.2 Å². The molecule has 29 heavy (non-hydrogen) atoms. The Labute approximate surface area is 172 Å². The predicted molar refractivity (Wildman–Crippen MR) is 112 cm³/mol. The number of thioether (sulfide) groups is 1. The summed E-state index contributed by atoms with van der Waals surface area (Å²) in [6.07, 6.45) is 1.65. The molecule has 0 saturated carbocycles. The number of nitrogens with zero attached hydrogens (tertiary/aromatic N) is 3. The zero-order valence-corrected chi connectivity index (χ0v) is 17.8. The summed E-state index contributed by atoms with van der Waals surface area (Å²) < 4.78 is 18.4. The molecule has 0 bridgehead atoms. The fourth-order valence-electron chi connectivity index (χ4n) is 3.07. The summed E-state index contributed by atoms with van der Waals surface area (Å²) in [6, 6.07) is 5.64. The van der Waals surface area contributed by atoms with E-state index in [1.807, 2.05) is 12.1 Å². The molecule has 0 fully saturated rings. The smallest absolute Gasteiger partial charge is 0.332 e. The van der Waals surface area contributed by atoms with E-state index in [1.165, 1.54) is 23.4 Å². The minimum atomic E-state index is -0.414. The monoisotopic (exact) mass is 417 g/mol. The van der Waals surface area contributed by atoms with E-state index in [0.717, 1.165) is 20.6 Å². The summed E-state index contributed by atoms with van der Waals surface area (Å²) >= 11 is 1.49. The number of fused-ring (bicyclic) bond motifs is 1. The molecule has 0 amide bonds. The molecule has 8 nitrogen and oxygen atoms in total. The topological polar surface area (TPSA) is 84.6 Å². The van der Waals surface area contributed by atoms with E-state index < -0.39 is 5.69 Å². The lowest BCUT2D eigenvalue weighted by Gasteiger charge is -2.14. The van der Waals surface area contributed by atoms with Gasteiger partial charge in [0.15, 0.2) is 0 Å². The Balaban J connectivity index is 2.14. The van der Waals surface area contributed by atoms with E-state index in [-0.39, 0.29) is 5.56 Å². The summed E-state index contributed by atoms with van der Waals surface area (Å²) in [5.41, 5.74) is 1.32. The Bertz CT molecular complexity index is 1150. The van der Waals surface area contributed by atoms with E-state index in [0.29, 0.717) is 34.9 Å². The number of aryl methyl sites for hydroxylation is 1. The Kier molecular flexibility index (Phi) is 6.29. The van der Waals surface area contributed by atoms with Crippen LogP contribution in [0.4, 0.5) is 0 Å². The number of benzene rings is 1. The van der Waals surface area contributed by atoms with Crippen LogP contribution >= 0.6 is 11.8 Å². The molecule has 154 valence electrons. The van der Waals surface area contributed by atoms with Gasteiger partial charge in [-0.25, -0.2) is 9.78 Å². The zero-order valence-electron chi connectivity index (χ0n) is 17.0. The largest absolute Gasteiger partial charge is 0.497 e. The highest BCUT2D eigenvalue weighted by Crippen LogP contribution is 2.33. The van der Waals surface area contributed by atoms with E-state index in [4.69, 9.17) is 14.2 Å². The number of rotatable bonds is 7. The number of ether oxygens (including phenoxy) is 3. The van der Waals surface area contributed by atoms with Crippen molar-refractivity contribution >= 4 is 22.8 Å². The molecule has 9 heteroatoms. The number of hydrogen-bond donors (Lipinski definition) is 0. The van der Waals surface area contributed by atoms with Crippen LogP contribution in [0.1, 0.15) is 11.1 Å². The zero-order chi connectivity index (χ0) is 21.1. The van der Waals surface area contributed by atoms with Gasteiger partial charge in [-0.15, -0.1) is 11.8 Å². The van der Waals surface area contributed by atoms with Crippen molar-refractivity contribution in [2.75, 3.05) is 21.3 Å². The first-order chi connectivity index (χ1) is 13.9. The summed E-state index contributed by atoms with van der Waals surface area (Å²) in [5, 5.41) is 0.406. The van der Waals surface area contributed by atoms with Crippen molar-refractivity contribution in [3.05, 3.63) is 56.4 Å². The van der Waals surface area contributed by atoms with Crippen molar-refractivity contribution < 1.29 is 14.2 Å².